The van der Waals surface area contributed by atoms with Crippen molar-refractivity contribution >= 4 is 27.8 Å². The largest absolute Gasteiger partial charge is 0.440 e. The van der Waals surface area contributed by atoms with Crippen LogP contribution in [-0.2, 0) is 24.1 Å². The minimum absolute atomic E-state index is 0.132. The van der Waals surface area contributed by atoms with Gasteiger partial charge in [0.1, 0.15) is 11.4 Å². The molecule has 3 aromatic rings. The Balaban J connectivity index is 1.76. The van der Waals surface area contributed by atoms with Gasteiger partial charge in [0, 0.05) is 30.8 Å². The van der Waals surface area contributed by atoms with Crippen LogP contribution in [0.2, 0.25) is 0 Å². The fourth-order valence-electron chi connectivity index (χ4n) is 3.82. The zero-order valence-corrected chi connectivity index (χ0v) is 19.2. The van der Waals surface area contributed by atoms with Gasteiger partial charge in [0.2, 0.25) is 5.88 Å². The Kier molecular flexibility index (Phi) is 5.52. The highest BCUT2D eigenvalue weighted by molar-refractivity contribution is 7.84. The molecule has 2 heterocycles. The first kappa shape index (κ1) is 21.7. The van der Waals surface area contributed by atoms with Crippen LogP contribution in [-0.4, -0.2) is 8.96 Å². The Morgan fingerprint density at radius 2 is 1.84 bits per heavy atom. The summed E-state index contributed by atoms with van der Waals surface area (Å²) in [7, 11) is -1.28. The van der Waals surface area contributed by atoms with Gasteiger partial charge in [0.15, 0.2) is 5.43 Å². The first-order valence-corrected chi connectivity index (χ1v) is 11.5. The van der Waals surface area contributed by atoms with Crippen LogP contribution in [0.3, 0.4) is 0 Å². The van der Waals surface area contributed by atoms with Crippen molar-refractivity contribution in [3.05, 3.63) is 74.7 Å². The summed E-state index contributed by atoms with van der Waals surface area (Å²) in [5.41, 5.74) is 3.98. The second-order valence-electron chi connectivity index (χ2n) is 9.17. The maximum atomic E-state index is 13.6. The predicted octanol–water partition coefficient (Wildman–Crippen LogP) is 4.87. The van der Waals surface area contributed by atoms with Crippen molar-refractivity contribution in [1.82, 2.24) is 4.72 Å². The molecule has 0 amide bonds. The standard InChI is InChI=1S/C24H27FN2O3S/c1-14-8-19(15(2)26-31(29)24(3,4)5)23-20(9-14)21(28)11-22(30-23)27-12-16-6-7-18(25)10-17(16)13-27/h6-11,15,26H,12-13H2,1-5H3/t15-,31?/m1/s1. The smallest absolute Gasteiger partial charge is 0.200 e. The van der Waals surface area contributed by atoms with Gasteiger partial charge in [-0.25, -0.2) is 13.3 Å². The third-order valence-corrected chi connectivity index (χ3v) is 7.18. The van der Waals surface area contributed by atoms with Gasteiger partial charge < -0.3 is 9.32 Å². The van der Waals surface area contributed by atoms with Crippen molar-refractivity contribution < 1.29 is 13.0 Å². The van der Waals surface area contributed by atoms with Gasteiger partial charge in [-0.3, -0.25) is 4.79 Å². The van der Waals surface area contributed by atoms with Gasteiger partial charge in [0.25, 0.3) is 0 Å². The molecule has 0 fully saturated rings. The van der Waals surface area contributed by atoms with Crippen LogP contribution in [0, 0.1) is 12.7 Å². The first-order chi connectivity index (χ1) is 14.5. The number of nitrogens with zero attached hydrogens (tertiary/aromatic N) is 1. The molecule has 7 heteroatoms. The summed E-state index contributed by atoms with van der Waals surface area (Å²) in [6, 6.07) is 9.73. The average molecular weight is 443 g/mol. The normalized spacial score (nSPS) is 15.9. The van der Waals surface area contributed by atoms with Crippen molar-refractivity contribution in [2.75, 3.05) is 4.90 Å². The topological polar surface area (TPSA) is 62.6 Å². The number of rotatable bonds is 4. The van der Waals surface area contributed by atoms with E-state index in [1.165, 1.54) is 18.2 Å². The molecule has 5 nitrogen and oxygen atoms in total. The average Bonchev–Trinajstić information content (AvgIpc) is 3.10. The van der Waals surface area contributed by atoms with Crippen LogP contribution in [0.25, 0.3) is 11.0 Å². The Morgan fingerprint density at radius 1 is 1.13 bits per heavy atom. The van der Waals surface area contributed by atoms with Crippen molar-refractivity contribution in [1.29, 1.82) is 0 Å². The number of aryl methyl sites for hydroxylation is 1. The summed E-state index contributed by atoms with van der Waals surface area (Å²) in [6.07, 6.45) is 0. The Hall–Kier alpha value is -2.51. The fraction of sp³-hybridized carbons (Fsp3) is 0.375. The second kappa shape index (κ2) is 7.88. The van der Waals surface area contributed by atoms with E-state index in [1.807, 2.05) is 51.7 Å². The molecule has 31 heavy (non-hydrogen) atoms. The van der Waals surface area contributed by atoms with Crippen LogP contribution in [0.4, 0.5) is 10.3 Å². The minimum Gasteiger partial charge on any atom is -0.440 e. The molecule has 0 aliphatic carbocycles. The van der Waals surface area contributed by atoms with E-state index in [2.05, 4.69) is 4.72 Å². The lowest BCUT2D eigenvalue weighted by Gasteiger charge is -2.23. The lowest BCUT2D eigenvalue weighted by atomic mass is 10.0. The van der Waals surface area contributed by atoms with Crippen LogP contribution in [0.15, 0.2) is 45.6 Å². The Labute approximate surface area is 183 Å². The van der Waals surface area contributed by atoms with Crippen LogP contribution in [0.1, 0.15) is 56.0 Å². The van der Waals surface area contributed by atoms with E-state index in [-0.39, 0.29) is 17.3 Å². The van der Waals surface area contributed by atoms with E-state index in [0.717, 1.165) is 22.3 Å². The molecular formula is C24H27FN2O3S. The third kappa shape index (κ3) is 4.29. The number of hydrogen-bond acceptors (Lipinski definition) is 4. The van der Waals surface area contributed by atoms with E-state index < -0.39 is 15.7 Å². The summed E-state index contributed by atoms with van der Waals surface area (Å²) >= 11 is 0. The number of halogens is 1. The molecule has 0 bridgehead atoms. The van der Waals surface area contributed by atoms with Crippen molar-refractivity contribution in [2.24, 2.45) is 0 Å². The molecule has 0 radical (unpaired) electrons. The zero-order valence-electron chi connectivity index (χ0n) is 18.4. The molecule has 0 spiro atoms. The molecule has 0 saturated carbocycles. The first-order valence-electron chi connectivity index (χ1n) is 10.3. The van der Waals surface area contributed by atoms with Gasteiger partial charge in [-0.2, -0.15) is 0 Å². The van der Waals surface area contributed by atoms with E-state index in [4.69, 9.17) is 4.42 Å². The molecule has 1 N–H and O–H groups in total. The molecule has 164 valence electrons. The number of benzene rings is 2. The van der Waals surface area contributed by atoms with E-state index in [1.54, 1.807) is 6.07 Å². The van der Waals surface area contributed by atoms with Gasteiger partial charge in [-0.15, -0.1) is 0 Å². The molecular weight excluding hydrogens is 415 g/mol. The number of fused-ring (bicyclic) bond motifs is 2. The van der Waals surface area contributed by atoms with E-state index >= 15 is 0 Å². The summed E-state index contributed by atoms with van der Waals surface area (Å²) in [5, 5.41) is 0.497. The monoisotopic (exact) mass is 442 g/mol. The molecule has 2 atom stereocenters. The Bertz CT molecular complexity index is 1250. The van der Waals surface area contributed by atoms with Gasteiger partial charge in [-0.1, -0.05) is 12.1 Å². The van der Waals surface area contributed by atoms with Crippen molar-refractivity contribution in [3.63, 3.8) is 0 Å². The van der Waals surface area contributed by atoms with Crippen LogP contribution >= 0.6 is 0 Å². The number of hydrogen-bond donors (Lipinski definition) is 1. The Morgan fingerprint density at radius 3 is 2.55 bits per heavy atom. The van der Waals surface area contributed by atoms with Crippen molar-refractivity contribution in [2.45, 2.75) is 58.5 Å². The van der Waals surface area contributed by atoms with Gasteiger partial charge >= 0.3 is 0 Å². The molecule has 4 rings (SSSR count). The third-order valence-electron chi connectivity index (χ3n) is 5.50. The lowest BCUT2D eigenvalue weighted by molar-refractivity contribution is 0.563. The molecule has 1 aliphatic rings. The second-order valence-corrected chi connectivity index (χ2v) is 11.2. The van der Waals surface area contributed by atoms with Crippen LogP contribution in [0.5, 0.6) is 0 Å². The minimum atomic E-state index is -1.28. The summed E-state index contributed by atoms with van der Waals surface area (Å²) in [4.78, 5) is 14.9. The predicted molar refractivity (Wildman–Crippen MR) is 123 cm³/mol. The lowest BCUT2D eigenvalue weighted by Crippen LogP contribution is -2.35. The summed E-state index contributed by atoms with van der Waals surface area (Å²) in [5.74, 6) is 0.174. The molecule has 1 aromatic heterocycles. The SMILES string of the molecule is Cc1cc([C@@H](C)NS(=O)C(C)(C)C)c2oc(N3Cc4ccc(F)cc4C3)cc(=O)c2c1. The zero-order chi connectivity index (χ0) is 22.5. The summed E-state index contributed by atoms with van der Waals surface area (Å²) < 4.78 is 35.2. The molecule has 1 unspecified atom stereocenters. The van der Waals surface area contributed by atoms with Crippen LogP contribution < -0.4 is 15.1 Å². The van der Waals surface area contributed by atoms with Crippen molar-refractivity contribution in [3.8, 4) is 0 Å². The summed E-state index contributed by atoms with van der Waals surface area (Å²) in [6.45, 7) is 10.6. The van der Waals surface area contributed by atoms with E-state index in [0.29, 0.717) is 29.9 Å². The number of nitrogens with one attached hydrogen (secondary N) is 1. The molecule has 0 saturated heterocycles. The highest BCUT2D eigenvalue weighted by Crippen LogP contribution is 2.32. The van der Waals surface area contributed by atoms with E-state index in [9.17, 15) is 13.4 Å². The molecule has 2 aromatic carbocycles. The maximum Gasteiger partial charge on any atom is 0.200 e. The fourth-order valence-corrected chi connectivity index (χ4v) is 4.62. The molecule has 1 aliphatic heterocycles. The van der Waals surface area contributed by atoms with Gasteiger partial charge in [-0.05, 0) is 69.5 Å². The quantitative estimate of drug-likeness (QED) is 0.626. The maximum absolute atomic E-state index is 13.6. The van der Waals surface area contributed by atoms with Gasteiger partial charge in [0.05, 0.1) is 21.1 Å². The highest BCUT2D eigenvalue weighted by atomic mass is 32.2. The highest BCUT2D eigenvalue weighted by Gasteiger charge is 2.26. The number of anilines is 1.